The van der Waals surface area contributed by atoms with Crippen molar-refractivity contribution in [1.29, 1.82) is 0 Å². The van der Waals surface area contributed by atoms with Crippen molar-refractivity contribution < 1.29 is 0 Å². The number of unbranched alkanes of at least 4 members (excludes halogenated alkanes) is 1. The van der Waals surface area contributed by atoms with Crippen LogP contribution < -0.4 is 4.90 Å². The second kappa shape index (κ2) is 12.9. The molecule has 192 valence electrons. The summed E-state index contributed by atoms with van der Waals surface area (Å²) < 4.78 is 0. The second-order valence-corrected chi connectivity index (χ2v) is 11.4. The van der Waals surface area contributed by atoms with Crippen molar-refractivity contribution in [2.24, 2.45) is 5.41 Å². The minimum atomic E-state index is 0.123. The zero-order valence-electron chi connectivity index (χ0n) is 23.5. The van der Waals surface area contributed by atoms with Crippen molar-refractivity contribution in [1.82, 2.24) is 4.98 Å². The minimum absolute atomic E-state index is 0.123. The van der Waals surface area contributed by atoms with Crippen LogP contribution in [0.3, 0.4) is 0 Å². The predicted octanol–water partition coefficient (Wildman–Crippen LogP) is 8.94. The Kier molecular flexibility index (Phi) is 9.93. The van der Waals surface area contributed by atoms with Gasteiger partial charge in [-0.25, -0.2) is 4.98 Å². The highest BCUT2D eigenvalue weighted by atomic mass is 15.2. The van der Waals surface area contributed by atoms with Crippen molar-refractivity contribution in [3.8, 4) is 0 Å². The van der Waals surface area contributed by atoms with Crippen LogP contribution in [0, 0.1) is 5.41 Å². The first kappa shape index (κ1) is 27.7. The molecule has 0 bridgehead atoms. The average molecular weight is 483 g/mol. The lowest BCUT2D eigenvalue weighted by Gasteiger charge is -2.26. The standard InChI is InChI=1S/C34H46N2/c1-8-9-10-30-17-20-33(35-24-30)36(25-31-15-18-32(19-16-31)26(2)3)22-21-28-11-13-29(14-12-28)23-34(6,7)27(4)5/h11-20,24,26H,4,8-10,21-23,25H2,1-3,5-7H3. The monoisotopic (exact) mass is 482 g/mol. The van der Waals surface area contributed by atoms with Gasteiger partial charge in [0.05, 0.1) is 0 Å². The number of benzene rings is 2. The molecular formula is C34H46N2. The third-order valence-electron chi connectivity index (χ3n) is 7.47. The van der Waals surface area contributed by atoms with Gasteiger partial charge in [-0.3, -0.25) is 0 Å². The van der Waals surface area contributed by atoms with Crippen molar-refractivity contribution in [2.45, 2.75) is 86.1 Å². The Morgan fingerprint density at radius 2 is 1.47 bits per heavy atom. The molecule has 0 fully saturated rings. The van der Waals surface area contributed by atoms with Crippen molar-refractivity contribution in [3.63, 3.8) is 0 Å². The zero-order valence-corrected chi connectivity index (χ0v) is 23.5. The summed E-state index contributed by atoms with van der Waals surface area (Å²) in [6.45, 7) is 19.4. The first-order valence-electron chi connectivity index (χ1n) is 13.7. The summed E-state index contributed by atoms with van der Waals surface area (Å²) in [6, 6.07) is 22.7. The van der Waals surface area contributed by atoms with Crippen LogP contribution in [0.2, 0.25) is 0 Å². The number of nitrogens with zero attached hydrogens (tertiary/aromatic N) is 2. The Balaban J connectivity index is 1.73. The van der Waals surface area contributed by atoms with E-state index in [0.29, 0.717) is 5.92 Å². The highest BCUT2D eigenvalue weighted by molar-refractivity contribution is 5.41. The van der Waals surface area contributed by atoms with Gasteiger partial charge in [0.1, 0.15) is 5.82 Å². The molecule has 0 N–H and O–H groups in total. The summed E-state index contributed by atoms with van der Waals surface area (Å²) in [4.78, 5) is 7.30. The van der Waals surface area contributed by atoms with Gasteiger partial charge >= 0.3 is 0 Å². The molecule has 0 aliphatic rings. The molecule has 0 saturated heterocycles. The van der Waals surface area contributed by atoms with Crippen molar-refractivity contribution in [2.75, 3.05) is 11.4 Å². The van der Waals surface area contributed by atoms with Gasteiger partial charge in [0.15, 0.2) is 0 Å². The van der Waals surface area contributed by atoms with Gasteiger partial charge in [-0.1, -0.05) is 108 Å². The highest BCUT2D eigenvalue weighted by Crippen LogP contribution is 2.29. The van der Waals surface area contributed by atoms with Gasteiger partial charge in [-0.15, -0.1) is 0 Å². The molecule has 0 radical (unpaired) electrons. The molecule has 3 rings (SSSR count). The number of anilines is 1. The van der Waals surface area contributed by atoms with Crippen LogP contribution in [-0.2, 0) is 25.8 Å². The van der Waals surface area contributed by atoms with Crippen molar-refractivity contribution >= 4 is 5.82 Å². The topological polar surface area (TPSA) is 16.1 Å². The van der Waals surface area contributed by atoms with Gasteiger partial charge in [-0.05, 0) is 77.8 Å². The third kappa shape index (κ3) is 8.08. The Morgan fingerprint density at radius 1 is 0.861 bits per heavy atom. The van der Waals surface area contributed by atoms with Gasteiger partial charge < -0.3 is 4.90 Å². The van der Waals surface area contributed by atoms with E-state index in [1.807, 2.05) is 0 Å². The maximum Gasteiger partial charge on any atom is 0.128 e. The number of pyridine rings is 1. The van der Waals surface area contributed by atoms with Gasteiger partial charge in [0.2, 0.25) is 0 Å². The molecule has 0 aliphatic heterocycles. The van der Waals surface area contributed by atoms with Crippen LogP contribution in [-0.4, -0.2) is 11.5 Å². The normalized spacial score (nSPS) is 11.6. The quantitative estimate of drug-likeness (QED) is 0.226. The lowest BCUT2D eigenvalue weighted by atomic mass is 9.80. The number of aryl methyl sites for hydroxylation is 1. The zero-order chi connectivity index (χ0) is 26.1. The summed E-state index contributed by atoms with van der Waals surface area (Å²) in [5.74, 6) is 1.61. The number of hydrogen-bond donors (Lipinski definition) is 0. The lowest BCUT2D eigenvalue weighted by molar-refractivity contribution is 0.445. The molecule has 2 heteroatoms. The molecule has 1 heterocycles. The first-order chi connectivity index (χ1) is 17.2. The van der Waals surface area contributed by atoms with E-state index in [1.54, 1.807) is 0 Å². The molecule has 36 heavy (non-hydrogen) atoms. The van der Waals surface area contributed by atoms with E-state index in [9.17, 15) is 0 Å². The van der Waals surface area contributed by atoms with Crippen molar-refractivity contribution in [3.05, 3.63) is 107 Å². The summed E-state index contributed by atoms with van der Waals surface area (Å²) in [7, 11) is 0. The molecule has 0 saturated carbocycles. The minimum Gasteiger partial charge on any atom is -0.352 e. The SMILES string of the molecule is C=C(C)C(C)(C)Cc1ccc(CCN(Cc2ccc(C(C)C)cc2)c2ccc(CCCC)cn2)cc1. The fourth-order valence-corrected chi connectivity index (χ4v) is 4.38. The smallest absolute Gasteiger partial charge is 0.128 e. The molecule has 1 aromatic heterocycles. The Hall–Kier alpha value is -2.87. The van der Waals surface area contributed by atoms with Gasteiger partial charge in [0, 0.05) is 19.3 Å². The van der Waals surface area contributed by atoms with Crippen LogP contribution in [0.4, 0.5) is 5.82 Å². The van der Waals surface area contributed by atoms with E-state index in [0.717, 1.165) is 38.2 Å². The maximum atomic E-state index is 4.87. The largest absolute Gasteiger partial charge is 0.352 e. The van der Waals surface area contributed by atoms with E-state index in [4.69, 9.17) is 4.98 Å². The molecule has 0 unspecified atom stereocenters. The Morgan fingerprint density at radius 3 is 2.03 bits per heavy atom. The van der Waals surface area contributed by atoms with Crippen LogP contribution in [0.5, 0.6) is 0 Å². The molecular weight excluding hydrogens is 436 g/mol. The second-order valence-electron chi connectivity index (χ2n) is 11.4. The number of aromatic nitrogens is 1. The number of rotatable bonds is 13. The lowest BCUT2D eigenvalue weighted by Crippen LogP contribution is -2.26. The summed E-state index contributed by atoms with van der Waals surface area (Å²) in [6.07, 6.45) is 7.62. The summed E-state index contributed by atoms with van der Waals surface area (Å²) in [5, 5.41) is 0. The van der Waals surface area contributed by atoms with E-state index in [1.165, 1.54) is 46.2 Å². The molecule has 2 nitrogen and oxygen atoms in total. The Bertz CT molecular complexity index is 1070. The number of hydrogen-bond acceptors (Lipinski definition) is 2. The molecule has 0 atom stereocenters. The Labute approximate surface area is 220 Å². The number of allylic oxidation sites excluding steroid dienone is 1. The summed E-state index contributed by atoms with van der Waals surface area (Å²) in [5.41, 5.74) is 8.14. The third-order valence-corrected chi connectivity index (χ3v) is 7.47. The molecule has 2 aromatic carbocycles. The maximum absolute atomic E-state index is 4.87. The fourth-order valence-electron chi connectivity index (χ4n) is 4.38. The first-order valence-corrected chi connectivity index (χ1v) is 13.7. The van der Waals surface area contributed by atoms with Gasteiger partial charge in [0.25, 0.3) is 0 Å². The molecule has 0 amide bonds. The predicted molar refractivity (Wildman–Crippen MR) is 157 cm³/mol. The molecule has 0 aliphatic carbocycles. The average Bonchev–Trinajstić information content (AvgIpc) is 2.86. The fraction of sp³-hybridized carbons (Fsp3) is 0.441. The van der Waals surface area contributed by atoms with Crippen LogP contribution in [0.25, 0.3) is 0 Å². The summed E-state index contributed by atoms with van der Waals surface area (Å²) >= 11 is 0. The molecule has 3 aromatic rings. The van der Waals surface area contributed by atoms with E-state index >= 15 is 0 Å². The molecule has 0 spiro atoms. The van der Waals surface area contributed by atoms with E-state index in [2.05, 4.69) is 120 Å². The van der Waals surface area contributed by atoms with Crippen LogP contribution in [0.15, 0.2) is 79.0 Å². The van der Waals surface area contributed by atoms with Gasteiger partial charge in [-0.2, -0.15) is 0 Å². The van der Waals surface area contributed by atoms with Crippen LogP contribution >= 0.6 is 0 Å². The van der Waals surface area contributed by atoms with E-state index in [-0.39, 0.29) is 5.41 Å². The highest BCUT2D eigenvalue weighted by Gasteiger charge is 2.19. The van der Waals surface area contributed by atoms with Crippen LogP contribution in [0.1, 0.15) is 88.1 Å². The van der Waals surface area contributed by atoms with E-state index < -0.39 is 0 Å².